The maximum atomic E-state index is 2.55. The van der Waals surface area contributed by atoms with Crippen LogP contribution in [0.4, 0.5) is 0 Å². The summed E-state index contributed by atoms with van der Waals surface area (Å²) in [5, 5.41) is 0. The molecule has 0 amide bonds. The van der Waals surface area contributed by atoms with E-state index in [4.69, 9.17) is 0 Å². The molecule has 0 fully saturated rings. The minimum Gasteiger partial charge on any atom is -0.0654 e. The number of unbranched alkanes of at least 4 members (excludes halogenated alkanes) is 1. The zero-order chi connectivity index (χ0) is 10.1. The van der Waals surface area contributed by atoms with Gasteiger partial charge in [-0.3, -0.25) is 0 Å². The predicted octanol–water partition coefficient (Wildman–Crippen LogP) is 4.84. The summed E-state index contributed by atoms with van der Waals surface area (Å²) in [4.78, 5) is 0. The Morgan fingerprint density at radius 3 is 2.23 bits per heavy atom. The highest BCUT2D eigenvalue weighted by Gasteiger charge is 2.04. The summed E-state index contributed by atoms with van der Waals surface area (Å²) >= 11 is 0. The standard InChI is InChI=1S/C13H27/c1-5-9-13(6-2)11-8-7-10-12(3)4/h11-13H,5-10H2,1-4H3. The van der Waals surface area contributed by atoms with Gasteiger partial charge in [-0.2, -0.15) is 0 Å². The van der Waals surface area contributed by atoms with Crippen molar-refractivity contribution in [3.8, 4) is 0 Å². The molecule has 0 aliphatic rings. The summed E-state index contributed by atoms with van der Waals surface area (Å²) in [6.07, 6.45) is 10.7. The summed E-state index contributed by atoms with van der Waals surface area (Å²) in [6, 6.07) is 0. The summed E-state index contributed by atoms with van der Waals surface area (Å²) in [5.41, 5.74) is 0. The van der Waals surface area contributed by atoms with Crippen LogP contribution in [-0.2, 0) is 0 Å². The molecule has 1 unspecified atom stereocenters. The van der Waals surface area contributed by atoms with Crippen molar-refractivity contribution in [1.82, 2.24) is 0 Å². The highest BCUT2D eigenvalue weighted by atomic mass is 14.1. The van der Waals surface area contributed by atoms with Crippen molar-refractivity contribution < 1.29 is 0 Å². The molecule has 0 saturated carbocycles. The number of hydrogen-bond acceptors (Lipinski definition) is 0. The first-order valence-electron chi connectivity index (χ1n) is 6.04. The molecule has 1 radical (unpaired) electrons. The summed E-state index contributed by atoms with van der Waals surface area (Å²) < 4.78 is 0. The quantitative estimate of drug-likeness (QED) is 0.472. The maximum absolute atomic E-state index is 2.55. The van der Waals surface area contributed by atoms with Crippen LogP contribution in [0.3, 0.4) is 0 Å². The van der Waals surface area contributed by atoms with E-state index in [2.05, 4.69) is 34.1 Å². The van der Waals surface area contributed by atoms with Crippen LogP contribution in [0.15, 0.2) is 0 Å². The van der Waals surface area contributed by atoms with Crippen LogP contribution in [-0.4, -0.2) is 0 Å². The van der Waals surface area contributed by atoms with Gasteiger partial charge < -0.3 is 0 Å². The Hall–Kier alpha value is 0. The normalized spacial score (nSPS) is 13.6. The second-order valence-electron chi connectivity index (χ2n) is 4.52. The van der Waals surface area contributed by atoms with Crippen LogP contribution in [0.25, 0.3) is 0 Å². The van der Waals surface area contributed by atoms with E-state index in [1.807, 2.05) is 0 Å². The van der Waals surface area contributed by atoms with Crippen molar-refractivity contribution in [2.24, 2.45) is 11.8 Å². The first kappa shape index (κ1) is 13.0. The van der Waals surface area contributed by atoms with Crippen LogP contribution in [0.1, 0.15) is 66.2 Å². The molecule has 0 aliphatic heterocycles. The minimum atomic E-state index is 0.875. The van der Waals surface area contributed by atoms with E-state index in [0.717, 1.165) is 11.8 Å². The second kappa shape index (κ2) is 8.59. The van der Waals surface area contributed by atoms with Crippen LogP contribution in [0.5, 0.6) is 0 Å². The SMILES string of the molecule is CCCC([CH]CCCC(C)C)CC. The van der Waals surface area contributed by atoms with E-state index in [1.165, 1.54) is 38.5 Å². The van der Waals surface area contributed by atoms with E-state index in [9.17, 15) is 0 Å². The summed E-state index contributed by atoms with van der Waals surface area (Å²) in [7, 11) is 0. The fourth-order valence-corrected chi connectivity index (χ4v) is 1.74. The molecule has 0 saturated heterocycles. The molecule has 0 bridgehead atoms. The van der Waals surface area contributed by atoms with Gasteiger partial charge in [0.1, 0.15) is 0 Å². The second-order valence-corrected chi connectivity index (χ2v) is 4.52. The van der Waals surface area contributed by atoms with Crippen molar-refractivity contribution in [1.29, 1.82) is 0 Å². The minimum absolute atomic E-state index is 0.875. The van der Waals surface area contributed by atoms with Gasteiger partial charge in [-0.25, -0.2) is 0 Å². The van der Waals surface area contributed by atoms with Crippen LogP contribution in [0.2, 0.25) is 0 Å². The van der Waals surface area contributed by atoms with Gasteiger partial charge in [0.15, 0.2) is 0 Å². The van der Waals surface area contributed by atoms with E-state index in [-0.39, 0.29) is 0 Å². The monoisotopic (exact) mass is 183 g/mol. The Morgan fingerprint density at radius 2 is 1.77 bits per heavy atom. The third kappa shape index (κ3) is 8.33. The lowest BCUT2D eigenvalue weighted by Crippen LogP contribution is -1.99. The summed E-state index contributed by atoms with van der Waals surface area (Å²) in [5.74, 6) is 1.76. The molecule has 0 N–H and O–H groups in total. The van der Waals surface area contributed by atoms with E-state index >= 15 is 0 Å². The molecule has 0 aromatic heterocycles. The topological polar surface area (TPSA) is 0 Å². The number of rotatable bonds is 8. The maximum Gasteiger partial charge on any atom is -0.0355 e. The first-order valence-corrected chi connectivity index (χ1v) is 6.04. The average molecular weight is 183 g/mol. The van der Waals surface area contributed by atoms with Gasteiger partial charge in [-0.15, -0.1) is 0 Å². The van der Waals surface area contributed by atoms with Crippen molar-refractivity contribution in [3.63, 3.8) is 0 Å². The molecule has 0 rings (SSSR count). The Morgan fingerprint density at radius 1 is 1.08 bits per heavy atom. The Balaban J connectivity index is 3.27. The van der Waals surface area contributed by atoms with Gasteiger partial charge in [0.05, 0.1) is 0 Å². The third-order valence-electron chi connectivity index (χ3n) is 2.67. The molecule has 0 spiro atoms. The summed E-state index contributed by atoms with van der Waals surface area (Å²) in [6.45, 7) is 9.20. The van der Waals surface area contributed by atoms with Gasteiger partial charge in [0.25, 0.3) is 0 Å². The first-order chi connectivity index (χ1) is 6.20. The molecular formula is C13H27. The lowest BCUT2D eigenvalue weighted by Gasteiger charge is -2.13. The van der Waals surface area contributed by atoms with Gasteiger partial charge >= 0.3 is 0 Å². The molecule has 0 aromatic rings. The fraction of sp³-hybridized carbons (Fsp3) is 0.923. The predicted molar refractivity (Wildman–Crippen MR) is 61.7 cm³/mol. The molecule has 0 heterocycles. The van der Waals surface area contributed by atoms with Gasteiger partial charge in [-0.05, 0) is 24.7 Å². The number of hydrogen-bond donors (Lipinski definition) is 0. The lowest BCUT2D eigenvalue weighted by atomic mass is 9.93. The Labute approximate surface area is 85.1 Å². The van der Waals surface area contributed by atoms with Crippen molar-refractivity contribution in [2.45, 2.75) is 66.2 Å². The van der Waals surface area contributed by atoms with Gasteiger partial charge in [-0.1, -0.05) is 59.8 Å². The molecule has 0 heteroatoms. The lowest BCUT2D eigenvalue weighted by molar-refractivity contribution is 0.484. The molecular weight excluding hydrogens is 156 g/mol. The zero-order valence-corrected chi connectivity index (χ0v) is 9.97. The Bertz CT molecular complexity index is 94.2. The zero-order valence-electron chi connectivity index (χ0n) is 9.97. The van der Waals surface area contributed by atoms with Crippen LogP contribution >= 0.6 is 0 Å². The Kier molecular flexibility index (Phi) is 8.59. The molecule has 13 heavy (non-hydrogen) atoms. The molecule has 0 nitrogen and oxygen atoms in total. The smallest absolute Gasteiger partial charge is 0.0355 e. The van der Waals surface area contributed by atoms with Crippen molar-refractivity contribution in [3.05, 3.63) is 6.42 Å². The van der Waals surface area contributed by atoms with Gasteiger partial charge in [0, 0.05) is 0 Å². The molecule has 0 aliphatic carbocycles. The largest absolute Gasteiger partial charge is 0.0654 e. The molecule has 1 atom stereocenters. The third-order valence-corrected chi connectivity index (χ3v) is 2.67. The van der Waals surface area contributed by atoms with Crippen LogP contribution < -0.4 is 0 Å². The van der Waals surface area contributed by atoms with E-state index in [0.29, 0.717) is 0 Å². The van der Waals surface area contributed by atoms with E-state index in [1.54, 1.807) is 0 Å². The highest BCUT2D eigenvalue weighted by Crippen LogP contribution is 2.18. The van der Waals surface area contributed by atoms with Crippen molar-refractivity contribution >= 4 is 0 Å². The van der Waals surface area contributed by atoms with E-state index < -0.39 is 0 Å². The van der Waals surface area contributed by atoms with Crippen molar-refractivity contribution in [2.75, 3.05) is 0 Å². The molecule has 79 valence electrons. The fourth-order valence-electron chi connectivity index (χ4n) is 1.74. The van der Waals surface area contributed by atoms with Crippen LogP contribution in [0, 0.1) is 18.3 Å². The van der Waals surface area contributed by atoms with Gasteiger partial charge in [0.2, 0.25) is 0 Å². The highest BCUT2D eigenvalue weighted by molar-refractivity contribution is 4.74. The molecule has 0 aromatic carbocycles. The average Bonchev–Trinajstić information content (AvgIpc) is 2.10.